The number of carbonyl (C=O) groups excluding carboxylic acids is 1. The maximum Gasteiger partial charge on any atom is 0.257 e. The van der Waals surface area contributed by atoms with Crippen LogP contribution in [0.25, 0.3) is 5.69 Å². The monoisotopic (exact) mass is 347 g/mol. The van der Waals surface area contributed by atoms with Crippen LogP contribution in [0.4, 0.5) is 0 Å². The molecule has 1 fully saturated rings. The molecule has 0 radical (unpaired) electrons. The summed E-state index contributed by atoms with van der Waals surface area (Å²) in [5, 5.41) is 3.91. The molecule has 3 rings (SSSR count). The average molecular weight is 347 g/mol. The van der Waals surface area contributed by atoms with Gasteiger partial charge in [0.2, 0.25) is 0 Å². The Labute approximate surface area is 142 Å². The van der Waals surface area contributed by atoms with E-state index in [4.69, 9.17) is 0 Å². The third kappa shape index (κ3) is 3.67. The summed E-state index contributed by atoms with van der Waals surface area (Å²) in [4.78, 5) is 14.4. The summed E-state index contributed by atoms with van der Waals surface area (Å²) in [6.07, 6.45) is 6.38. The van der Waals surface area contributed by atoms with Gasteiger partial charge in [0.15, 0.2) is 0 Å². The Hall–Kier alpha value is -2.15. The number of sulfone groups is 1. The van der Waals surface area contributed by atoms with Gasteiger partial charge in [0.1, 0.15) is 9.84 Å². The average Bonchev–Trinajstić information content (AvgIpc) is 2.91. The van der Waals surface area contributed by atoms with Crippen molar-refractivity contribution in [3.05, 3.63) is 48.3 Å². The number of aromatic nitrogens is 2. The highest BCUT2D eigenvalue weighted by Gasteiger charge is 2.27. The highest BCUT2D eigenvalue weighted by molar-refractivity contribution is 7.91. The number of hydrogen-bond donors (Lipinski definition) is 0. The minimum atomic E-state index is -3.05. The molecule has 1 aliphatic rings. The predicted molar refractivity (Wildman–Crippen MR) is 92.0 cm³/mol. The second-order valence-corrected chi connectivity index (χ2v) is 8.51. The van der Waals surface area contributed by atoms with E-state index >= 15 is 0 Å². The topological polar surface area (TPSA) is 72.3 Å². The Balaban J connectivity index is 1.72. The second kappa shape index (κ2) is 6.76. The lowest BCUT2D eigenvalue weighted by Crippen LogP contribution is -2.32. The molecule has 1 atom stereocenters. The van der Waals surface area contributed by atoms with Crippen LogP contribution in [0.15, 0.2) is 42.7 Å². The van der Waals surface area contributed by atoms with E-state index in [0.29, 0.717) is 37.9 Å². The number of carbonyl (C=O) groups is 1. The summed E-state index contributed by atoms with van der Waals surface area (Å²) in [6.45, 7) is 1.05. The van der Waals surface area contributed by atoms with E-state index in [1.807, 2.05) is 30.3 Å². The zero-order valence-corrected chi connectivity index (χ0v) is 14.4. The molecule has 1 aromatic carbocycles. The van der Waals surface area contributed by atoms with Crippen LogP contribution in [0.5, 0.6) is 0 Å². The van der Waals surface area contributed by atoms with Crippen molar-refractivity contribution in [1.82, 2.24) is 14.7 Å². The van der Waals surface area contributed by atoms with Gasteiger partial charge in [-0.1, -0.05) is 18.2 Å². The molecule has 6 nitrogen and oxygen atoms in total. The molecule has 1 unspecified atom stereocenters. The van der Waals surface area contributed by atoms with E-state index < -0.39 is 9.84 Å². The Morgan fingerprint density at radius 1 is 1.17 bits per heavy atom. The smallest absolute Gasteiger partial charge is 0.257 e. The molecule has 2 heterocycles. The van der Waals surface area contributed by atoms with Gasteiger partial charge in [0, 0.05) is 25.5 Å². The van der Waals surface area contributed by atoms with Crippen molar-refractivity contribution in [2.75, 3.05) is 19.3 Å². The van der Waals surface area contributed by atoms with Gasteiger partial charge in [-0.25, -0.2) is 13.1 Å². The van der Waals surface area contributed by atoms with E-state index in [1.165, 1.54) is 6.26 Å². The molecular formula is C17H21N3O3S. The first-order chi connectivity index (χ1) is 11.4. The maximum atomic E-state index is 12.7. The van der Waals surface area contributed by atoms with Crippen molar-refractivity contribution in [2.45, 2.75) is 24.5 Å². The quantitative estimate of drug-likeness (QED) is 0.850. The standard InChI is InChI=1S/C17H21N3O3S/c1-24(22,23)16-8-5-10-19(11-9-16)17(21)14-12-18-20(13-14)15-6-3-2-4-7-15/h2-4,6-7,12-13,16H,5,8-11H2,1H3. The largest absolute Gasteiger partial charge is 0.339 e. The highest BCUT2D eigenvalue weighted by atomic mass is 32.2. The molecule has 0 spiro atoms. The van der Waals surface area contributed by atoms with Crippen LogP contribution in [0.2, 0.25) is 0 Å². The predicted octanol–water partition coefficient (Wildman–Crippen LogP) is 1.91. The van der Waals surface area contributed by atoms with E-state index in [2.05, 4.69) is 5.10 Å². The second-order valence-electron chi connectivity index (χ2n) is 6.18. The van der Waals surface area contributed by atoms with Crippen molar-refractivity contribution < 1.29 is 13.2 Å². The summed E-state index contributed by atoms with van der Waals surface area (Å²) in [5.41, 5.74) is 1.42. The minimum Gasteiger partial charge on any atom is -0.339 e. The molecule has 7 heteroatoms. The van der Waals surface area contributed by atoms with Crippen molar-refractivity contribution in [1.29, 1.82) is 0 Å². The number of benzene rings is 1. The van der Waals surface area contributed by atoms with E-state index in [0.717, 1.165) is 5.69 Å². The number of hydrogen-bond acceptors (Lipinski definition) is 4. The van der Waals surface area contributed by atoms with Gasteiger partial charge in [-0.05, 0) is 31.4 Å². The van der Waals surface area contributed by atoms with Crippen molar-refractivity contribution in [3.8, 4) is 5.69 Å². The maximum absolute atomic E-state index is 12.7. The summed E-state index contributed by atoms with van der Waals surface area (Å²) in [5.74, 6) is -0.0914. The third-order valence-electron chi connectivity index (χ3n) is 4.42. The molecule has 1 amide bonds. The highest BCUT2D eigenvalue weighted by Crippen LogP contribution is 2.19. The Morgan fingerprint density at radius 3 is 2.62 bits per heavy atom. The first-order valence-electron chi connectivity index (χ1n) is 8.03. The molecule has 0 aliphatic carbocycles. The Bertz CT molecular complexity index is 815. The molecule has 0 bridgehead atoms. The van der Waals surface area contributed by atoms with Crippen LogP contribution in [-0.4, -0.2) is 53.6 Å². The van der Waals surface area contributed by atoms with Crippen LogP contribution in [0.1, 0.15) is 29.6 Å². The van der Waals surface area contributed by atoms with Gasteiger partial charge in [0.25, 0.3) is 5.91 Å². The molecule has 1 aliphatic heterocycles. The molecule has 0 saturated carbocycles. The van der Waals surface area contributed by atoms with Gasteiger partial charge < -0.3 is 4.90 Å². The lowest BCUT2D eigenvalue weighted by atomic mass is 10.2. The van der Waals surface area contributed by atoms with Gasteiger partial charge in [0.05, 0.1) is 22.7 Å². The zero-order chi connectivity index (χ0) is 17.2. The van der Waals surface area contributed by atoms with Gasteiger partial charge in [-0.3, -0.25) is 4.79 Å². The van der Waals surface area contributed by atoms with E-state index in [-0.39, 0.29) is 11.2 Å². The minimum absolute atomic E-state index is 0.0914. The number of amides is 1. The Morgan fingerprint density at radius 2 is 1.92 bits per heavy atom. The first-order valence-corrected chi connectivity index (χ1v) is 9.99. The Kier molecular flexibility index (Phi) is 4.71. The lowest BCUT2D eigenvalue weighted by molar-refractivity contribution is 0.0761. The number of nitrogens with zero attached hydrogens (tertiary/aromatic N) is 3. The fourth-order valence-corrected chi connectivity index (χ4v) is 4.16. The lowest BCUT2D eigenvalue weighted by Gasteiger charge is -2.19. The fraction of sp³-hybridized carbons (Fsp3) is 0.412. The van der Waals surface area contributed by atoms with Gasteiger partial charge >= 0.3 is 0 Å². The third-order valence-corrected chi connectivity index (χ3v) is 6.10. The van der Waals surface area contributed by atoms with Crippen LogP contribution >= 0.6 is 0 Å². The molecule has 1 saturated heterocycles. The number of likely N-dealkylation sites (tertiary alicyclic amines) is 1. The van der Waals surface area contributed by atoms with Crippen molar-refractivity contribution in [3.63, 3.8) is 0 Å². The summed E-state index contributed by atoms with van der Waals surface area (Å²) < 4.78 is 25.1. The van der Waals surface area contributed by atoms with Gasteiger partial charge in [-0.2, -0.15) is 5.10 Å². The fourth-order valence-electron chi connectivity index (χ4n) is 3.03. The summed E-state index contributed by atoms with van der Waals surface area (Å²) >= 11 is 0. The van der Waals surface area contributed by atoms with Crippen LogP contribution in [0, 0.1) is 0 Å². The van der Waals surface area contributed by atoms with E-state index in [9.17, 15) is 13.2 Å². The molecule has 2 aromatic rings. The molecule has 24 heavy (non-hydrogen) atoms. The number of para-hydroxylation sites is 1. The normalized spacial score (nSPS) is 19.0. The van der Waals surface area contributed by atoms with Crippen LogP contribution in [-0.2, 0) is 9.84 Å². The molecule has 1 aromatic heterocycles. The van der Waals surface area contributed by atoms with E-state index in [1.54, 1.807) is 22.0 Å². The van der Waals surface area contributed by atoms with Crippen molar-refractivity contribution >= 4 is 15.7 Å². The van der Waals surface area contributed by atoms with Gasteiger partial charge in [-0.15, -0.1) is 0 Å². The van der Waals surface area contributed by atoms with Crippen molar-refractivity contribution in [2.24, 2.45) is 0 Å². The zero-order valence-electron chi connectivity index (χ0n) is 13.6. The number of rotatable bonds is 3. The summed E-state index contributed by atoms with van der Waals surface area (Å²) in [7, 11) is -3.05. The SMILES string of the molecule is CS(=O)(=O)C1CCCN(C(=O)c2cnn(-c3ccccc3)c2)CC1. The molecule has 0 N–H and O–H groups in total. The first kappa shape index (κ1) is 16.7. The van der Waals surface area contributed by atoms with Crippen LogP contribution < -0.4 is 0 Å². The summed E-state index contributed by atoms with van der Waals surface area (Å²) in [6, 6.07) is 9.60. The molecular weight excluding hydrogens is 326 g/mol. The van der Waals surface area contributed by atoms with Crippen LogP contribution in [0.3, 0.4) is 0 Å². The molecule has 128 valence electrons.